The van der Waals surface area contributed by atoms with Crippen LogP contribution in [0.2, 0.25) is 0 Å². The minimum absolute atomic E-state index is 0.102. The molecule has 6 heteroatoms. The van der Waals surface area contributed by atoms with Crippen LogP contribution in [-0.2, 0) is 14.9 Å². The Morgan fingerprint density at radius 2 is 1.93 bits per heavy atom. The zero-order chi connectivity index (χ0) is 20.4. The Balaban J connectivity index is 1.33. The van der Waals surface area contributed by atoms with Gasteiger partial charge in [-0.3, -0.25) is 4.79 Å². The Bertz CT molecular complexity index is 757. The normalized spacial score (nSPS) is 23.4. The standard InChI is InChI=1S/C23H33N3O3/c1-3-14-29-22(28)25-11-8-19(16-25)15-24-12-9-23(10-13-24)17-26(18(2)27)21-7-5-4-6-20(21)23/h4-7,19H,3,8-17H2,1-2H3/t19-/m0/s1. The number of rotatable bonds is 4. The molecule has 0 bridgehead atoms. The predicted octanol–water partition coefficient (Wildman–Crippen LogP) is 3.26. The second-order valence-electron chi connectivity index (χ2n) is 8.92. The lowest BCUT2D eigenvalue weighted by Gasteiger charge is -2.40. The molecule has 1 aromatic carbocycles. The average Bonchev–Trinajstić information content (AvgIpc) is 3.32. The quantitative estimate of drug-likeness (QED) is 0.780. The maximum atomic E-state index is 12.2. The summed E-state index contributed by atoms with van der Waals surface area (Å²) in [7, 11) is 0. The van der Waals surface area contributed by atoms with Gasteiger partial charge in [0.15, 0.2) is 0 Å². The molecule has 0 saturated carbocycles. The average molecular weight is 400 g/mol. The molecule has 4 rings (SSSR count). The Labute approximate surface area is 173 Å². The molecule has 2 amide bonds. The highest BCUT2D eigenvalue weighted by atomic mass is 16.6. The van der Waals surface area contributed by atoms with E-state index in [1.165, 1.54) is 5.56 Å². The summed E-state index contributed by atoms with van der Waals surface area (Å²) < 4.78 is 5.28. The third-order valence-corrected chi connectivity index (χ3v) is 6.91. The Morgan fingerprint density at radius 3 is 2.66 bits per heavy atom. The highest BCUT2D eigenvalue weighted by Gasteiger charge is 2.45. The molecule has 0 aromatic heterocycles. The van der Waals surface area contributed by atoms with E-state index in [0.717, 1.165) is 70.6 Å². The van der Waals surface area contributed by atoms with Gasteiger partial charge in [-0.1, -0.05) is 25.1 Å². The minimum atomic E-state index is -0.154. The maximum absolute atomic E-state index is 12.2. The van der Waals surface area contributed by atoms with Gasteiger partial charge in [0.05, 0.1) is 6.61 Å². The van der Waals surface area contributed by atoms with E-state index in [-0.39, 0.29) is 17.4 Å². The summed E-state index contributed by atoms with van der Waals surface area (Å²) in [4.78, 5) is 30.6. The van der Waals surface area contributed by atoms with Crippen LogP contribution in [0.5, 0.6) is 0 Å². The van der Waals surface area contributed by atoms with Crippen LogP contribution in [0.1, 0.15) is 45.1 Å². The van der Waals surface area contributed by atoms with Gasteiger partial charge >= 0.3 is 6.09 Å². The molecule has 0 radical (unpaired) electrons. The van der Waals surface area contributed by atoms with Crippen LogP contribution < -0.4 is 4.90 Å². The molecule has 3 heterocycles. The molecule has 3 aliphatic heterocycles. The fraction of sp³-hybridized carbons (Fsp3) is 0.652. The van der Waals surface area contributed by atoms with Gasteiger partial charge in [-0.15, -0.1) is 0 Å². The van der Waals surface area contributed by atoms with E-state index in [1.54, 1.807) is 6.92 Å². The van der Waals surface area contributed by atoms with E-state index in [1.807, 2.05) is 22.8 Å². The summed E-state index contributed by atoms with van der Waals surface area (Å²) in [6.45, 7) is 9.78. The second-order valence-corrected chi connectivity index (χ2v) is 8.92. The summed E-state index contributed by atoms with van der Waals surface area (Å²) in [5, 5.41) is 0. The topological polar surface area (TPSA) is 53.1 Å². The molecule has 2 saturated heterocycles. The van der Waals surface area contributed by atoms with Gasteiger partial charge in [0.1, 0.15) is 0 Å². The number of fused-ring (bicyclic) bond motifs is 2. The van der Waals surface area contributed by atoms with Crippen molar-refractivity contribution < 1.29 is 14.3 Å². The number of carbonyl (C=O) groups is 2. The second kappa shape index (κ2) is 8.34. The number of benzene rings is 1. The van der Waals surface area contributed by atoms with E-state index in [2.05, 4.69) is 23.1 Å². The van der Waals surface area contributed by atoms with Crippen molar-refractivity contribution in [1.82, 2.24) is 9.80 Å². The Hall–Kier alpha value is -2.08. The van der Waals surface area contributed by atoms with Gasteiger partial charge in [0, 0.05) is 44.2 Å². The third kappa shape index (κ3) is 4.00. The zero-order valence-corrected chi connectivity index (χ0v) is 17.7. The number of likely N-dealkylation sites (tertiary alicyclic amines) is 2. The van der Waals surface area contributed by atoms with Crippen LogP contribution >= 0.6 is 0 Å². The van der Waals surface area contributed by atoms with Crippen LogP contribution in [-0.4, -0.2) is 67.7 Å². The molecule has 0 unspecified atom stereocenters. The number of hydrogen-bond donors (Lipinski definition) is 0. The first-order valence-corrected chi connectivity index (χ1v) is 11.0. The van der Waals surface area contributed by atoms with Crippen molar-refractivity contribution in [3.8, 4) is 0 Å². The molecule has 158 valence electrons. The number of ether oxygens (including phenoxy) is 1. The van der Waals surface area contributed by atoms with Crippen LogP contribution in [0.4, 0.5) is 10.5 Å². The van der Waals surface area contributed by atoms with Crippen molar-refractivity contribution in [2.75, 3.05) is 50.8 Å². The minimum Gasteiger partial charge on any atom is -0.449 e. The summed E-state index contributed by atoms with van der Waals surface area (Å²) in [5.74, 6) is 0.667. The molecule has 3 aliphatic rings. The number of amides is 2. The fourth-order valence-electron chi connectivity index (χ4n) is 5.30. The molecular weight excluding hydrogens is 366 g/mol. The molecule has 1 aromatic rings. The van der Waals surface area contributed by atoms with Gasteiger partial charge in [-0.2, -0.15) is 0 Å². The summed E-state index contributed by atoms with van der Waals surface area (Å²) in [6, 6.07) is 8.43. The van der Waals surface area contributed by atoms with Crippen molar-refractivity contribution in [3.63, 3.8) is 0 Å². The van der Waals surface area contributed by atoms with Crippen molar-refractivity contribution in [1.29, 1.82) is 0 Å². The lowest BCUT2D eigenvalue weighted by atomic mass is 9.74. The molecule has 1 spiro atoms. The smallest absolute Gasteiger partial charge is 0.409 e. The van der Waals surface area contributed by atoms with E-state index in [0.29, 0.717) is 12.5 Å². The molecule has 2 fully saturated rings. The Morgan fingerprint density at radius 1 is 1.17 bits per heavy atom. The van der Waals surface area contributed by atoms with Gasteiger partial charge < -0.3 is 19.4 Å². The summed E-state index contributed by atoms with van der Waals surface area (Å²) >= 11 is 0. The zero-order valence-electron chi connectivity index (χ0n) is 17.7. The Kier molecular flexibility index (Phi) is 5.81. The van der Waals surface area contributed by atoms with Crippen LogP contribution in [0.15, 0.2) is 24.3 Å². The third-order valence-electron chi connectivity index (χ3n) is 6.91. The van der Waals surface area contributed by atoms with Crippen LogP contribution in [0, 0.1) is 5.92 Å². The van der Waals surface area contributed by atoms with Crippen LogP contribution in [0.25, 0.3) is 0 Å². The summed E-state index contributed by atoms with van der Waals surface area (Å²) in [5.41, 5.74) is 2.55. The fourth-order valence-corrected chi connectivity index (χ4v) is 5.30. The number of hydrogen-bond acceptors (Lipinski definition) is 4. The van der Waals surface area contributed by atoms with Crippen molar-refractivity contribution in [2.45, 2.75) is 44.9 Å². The van der Waals surface area contributed by atoms with E-state index >= 15 is 0 Å². The first kappa shape index (κ1) is 20.2. The SMILES string of the molecule is CCCOC(=O)N1CC[C@@H](CN2CCC3(CC2)CN(C(C)=O)c2ccccc23)C1. The first-order chi connectivity index (χ1) is 14.0. The molecule has 0 N–H and O–H groups in total. The number of piperidine rings is 1. The van der Waals surface area contributed by atoms with Crippen molar-refractivity contribution in [3.05, 3.63) is 29.8 Å². The lowest BCUT2D eigenvalue weighted by molar-refractivity contribution is -0.116. The van der Waals surface area contributed by atoms with E-state index in [9.17, 15) is 9.59 Å². The molecule has 29 heavy (non-hydrogen) atoms. The predicted molar refractivity (Wildman–Crippen MR) is 113 cm³/mol. The van der Waals surface area contributed by atoms with Gasteiger partial charge in [0.25, 0.3) is 0 Å². The highest BCUT2D eigenvalue weighted by Crippen LogP contribution is 2.47. The number of carbonyl (C=O) groups excluding carboxylic acids is 2. The highest BCUT2D eigenvalue weighted by molar-refractivity contribution is 5.94. The first-order valence-electron chi connectivity index (χ1n) is 11.0. The maximum Gasteiger partial charge on any atom is 0.409 e. The van der Waals surface area contributed by atoms with Gasteiger partial charge in [0.2, 0.25) is 5.91 Å². The lowest BCUT2D eigenvalue weighted by Crippen LogP contribution is -2.47. The monoisotopic (exact) mass is 399 g/mol. The van der Waals surface area contributed by atoms with Gasteiger partial charge in [-0.25, -0.2) is 4.79 Å². The molecule has 6 nitrogen and oxygen atoms in total. The van der Waals surface area contributed by atoms with E-state index < -0.39 is 0 Å². The van der Waals surface area contributed by atoms with Crippen LogP contribution in [0.3, 0.4) is 0 Å². The van der Waals surface area contributed by atoms with Gasteiger partial charge in [-0.05, 0) is 56.3 Å². The largest absolute Gasteiger partial charge is 0.449 e. The van der Waals surface area contributed by atoms with Crippen molar-refractivity contribution >= 4 is 17.7 Å². The number of anilines is 1. The molecular formula is C23H33N3O3. The van der Waals surface area contributed by atoms with E-state index in [4.69, 9.17) is 4.74 Å². The molecule has 0 aliphatic carbocycles. The number of para-hydroxylation sites is 1. The number of nitrogens with zero attached hydrogens (tertiary/aromatic N) is 3. The summed E-state index contributed by atoms with van der Waals surface area (Å²) in [6.07, 6.45) is 3.94. The van der Waals surface area contributed by atoms with Crippen molar-refractivity contribution in [2.24, 2.45) is 5.92 Å². The molecule has 1 atom stereocenters.